The Morgan fingerprint density at radius 2 is 2.11 bits per heavy atom. The van der Waals surface area contributed by atoms with E-state index in [2.05, 4.69) is 19.6 Å². The van der Waals surface area contributed by atoms with Gasteiger partial charge in [0.05, 0.1) is 0 Å². The first-order valence-corrected chi connectivity index (χ1v) is 5.89. The van der Waals surface area contributed by atoms with Gasteiger partial charge in [-0.1, -0.05) is 11.2 Å². The number of nitrogens with zero attached hydrogens (tertiary/aromatic N) is 3. The van der Waals surface area contributed by atoms with Crippen molar-refractivity contribution >= 4 is 0 Å². The molecule has 1 saturated carbocycles. The first-order chi connectivity index (χ1) is 9.03. The van der Waals surface area contributed by atoms with Crippen LogP contribution in [0, 0.1) is 0 Å². The maximum Gasteiger partial charge on any atom is 0.352 e. The maximum absolute atomic E-state index is 14.0. The molecule has 0 aliphatic heterocycles. The van der Waals surface area contributed by atoms with Crippen LogP contribution in [0.4, 0.5) is 8.78 Å². The minimum absolute atomic E-state index is 0.0156. The fourth-order valence-corrected chi connectivity index (χ4v) is 1.97. The molecule has 0 bridgehead atoms. The SMILES string of the molecule is OC1(C(F)(F)c2nc(-c3ccccn3)no2)CCC1. The fourth-order valence-electron chi connectivity index (χ4n) is 1.97. The van der Waals surface area contributed by atoms with Crippen molar-refractivity contribution in [1.29, 1.82) is 0 Å². The van der Waals surface area contributed by atoms with Crippen LogP contribution in [0.25, 0.3) is 11.5 Å². The summed E-state index contributed by atoms with van der Waals surface area (Å²) in [4.78, 5) is 7.60. The summed E-state index contributed by atoms with van der Waals surface area (Å²) in [5.74, 6) is -4.42. The van der Waals surface area contributed by atoms with Gasteiger partial charge in [-0.05, 0) is 31.4 Å². The van der Waals surface area contributed by atoms with E-state index in [1.54, 1.807) is 18.2 Å². The van der Waals surface area contributed by atoms with Gasteiger partial charge in [0.15, 0.2) is 0 Å². The van der Waals surface area contributed by atoms with Crippen LogP contribution in [0.1, 0.15) is 25.2 Å². The molecule has 2 aromatic heterocycles. The normalized spacial score (nSPS) is 18.1. The molecule has 1 fully saturated rings. The van der Waals surface area contributed by atoms with E-state index in [1.807, 2.05) is 0 Å². The Hall–Kier alpha value is -1.89. The zero-order valence-electron chi connectivity index (χ0n) is 9.88. The fraction of sp³-hybridized carbons (Fsp3) is 0.417. The molecule has 0 saturated heterocycles. The molecule has 0 atom stereocenters. The Bertz CT molecular complexity index is 582. The van der Waals surface area contributed by atoms with Gasteiger partial charge < -0.3 is 9.63 Å². The molecule has 0 aromatic carbocycles. The minimum Gasteiger partial charge on any atom is -0.383 e. The summed E-state index contributed by atoms with van der Waals surface area (Å²) in [5.41, 5.74) is -1.73. The first-order valence-electron chi connectivity index (χ1n) is 5.89. The second kappa shape index (κ2) is 4.06. The number of hydrogen-bond donors (Lipinski definition) is 1. The highest BCUT2D eigenvalue weighted by Gasteiger charge is 2.60. The van der Waals surface area contributed by atoms with Crippen LogP contribution >= 0.6 is 0 Å². The lowest BCUT2D eigenvalue weighted by atomic mass is 9.75. The average Bonchev–Trinajstić information content (AvgIpc) is 2.87. The Labute approximate surface area is 107 Å². The number of alkyl halides is 2. The molecule has 0 amide bonds. The van der Waals surface area contributed by atoms with Crippen LogP contribution in [0.2, 0.25) is 0 Å². The van der Waals surface area contributed by atoms with Gasteiger partial charge in [0, 0.05) is 6.20 Å². The Kier molecular flexibility index (Phi) is 2.60. The molecule has 19 heavy (non-hydrogen) atoms. The molecule has 0 spiro atoms. The molecule has 1 aliphatic rings. The molecular formula is C12H11F2N3O2. The zero-order chi connectivity index (χ0) is 13.5. The van der Waals surface area contributed by atoms with Crippen molar-refractivity contribution in [3.63, 3.8) is 0 Å². The Morgan fingerprint density at radius 1 is 1.32 bits per heavy atom. The zero-order valence-corrected chi connectivity index (χ0v) is 9.88. The van der Waals surface area contributed by atoms with Gasteiger partial charge in [-0.2, -0.15) is 13.8 Å². The van der Waals surface area contributed by atoms with E-state index in [0.29, 0.717) is 12.1 Å². The molecule has 5 nitrogen and oxygen atoms in total. The van der Waals surface area contributed by atoms with E-state index in [4.69, 9.17) is 0 Å². The molecule has 100 valence electrons. The molecule has 1 N–H and O–H groups in total. The monoisotopic (exact) mass is 267 g/mol. The highest BCUT2D eigenvalue weighted by molar-refractivity contribution is 5.47. The number of rotatable bonds is 3. The lowest BCUT2D eigenvalue weighted by Gasteiger charge is -2.40. The van der Waals surface area contributed by atoms with Crippen LogP contribution in [0.5, 0.6) is 0 Å². The smallest absolute Gasteiger partial charge is 0.352 e. The van der Waals surface area contributed by atoms with E-state index in [-0.39, 0.29) is 18.7 Å². The molecule has 3 rings (SSSR count). The van der Waals surface area contributed by atoms with Crippen molar-refractivity contribution in [3.8, 4) is 11.5 Å². The maximum atomic E-state index is 14.0. The largest absolute Gasteiger partial charge is 0.383 e. The summed E-state index contributed by atoms with van der Waals surface area (Å²) in [6, 6.07) is 4.97. The van der Waals surface area contributed by atoms with Crippen LogP contribution < -0.4 is 0 Å². The molecule has 1 aliphatic carbocycles. The second-order valence-electron chi connectivity index (χ2n) is 4.60. The predicted molar refractivity (Wildman–Crippen MR) is 60.2 cm³/mol. The van der Waals surface area contributed by atoms with Crippen molar-refractivity contribution in [3.05, 3.63) is 30.3 Å². The highest BCUT2D eigenvalue weighted by Crippen LogP contribution is 2.49. The number of halogens is 2. The van der Waals surface area contributed by atoms with E-state index in [9.17, 15) is 13.9 Å². The van der Waals surface area contributed by atoms with Crippen molar-refractivity contribution in [2.75, 3.05) is 0 Å². The number of pyridine rings is 1. The molecule has 0 unspecified atom stereocenters. The predicted octanol–water partition coefficient (Wildman–Crippen LogP) is 2.14. The van der Waals surface area contributed by atoms with Crippen LogP contribution in [0.15, 0.2) is 28.9 Å². The van der Waals surface area contributed by atoms with Crippen molar-refractivity contribution in [1.82, 2.24) is 15.1 Å². The standard InChI is InChI=1S/C12H11F2N3O2/c13-12(14,11(18)5-3-6-11)10-16-9(17-19-10)8-4-1-2-7-15-8/h1-2,4,7,18H,3,5-6H2. The summed E-state index contributed by atoms with van der Waals surface area (Å²) in [6.45, 7) is 0. The van der Waals surface area contributed by atoms with Gasteiger partial charge in [-0.25, -0.2) is 0 Å². The third-order valence-electron chi connectivity index (χ3n) is 3.35. The number of hydrogen-bond acceptors (Lipinski definition) is 5. The summed E-state index contributed by atoms with van der Waals surface area (Å²) < 4.78 is 32.7. The van der Waals surface area contributed by atoms with Gasteiger partial charge >= 0.3 is 11.8 Å². The van der Waals surface area contributed by atoms with Crippen LogP contribution in [0.3, 0.4) is 0 Å². The molecule has 2 aromatic rings. The van der Waals surface area contributed by atoms with E-state index < -0.39 is 17.4 Å². The molecule has 7 heteroatoms. The highest BCUT2D eigenvalue weighted by atomic mass is 19.3. The summed E-state index contributed by atoms with van der Waals surface area (Å²) >= 11 is 0. The lowest BCUT2D eigenvalue weighted by Crippen LogP contribution is -2.51. The molecule has 0 radical (unpaired) electrons. The van der Waals surface area contributed by atoms with Gasteiger partial charge in [0.25, 0.3) is 0 Å². The van der Waals surface area contributed by atoms with Crippen molar-refractivity contribution in [2.45, 2.75) is 30.8 Å². The van der Waals surface area contributed by atoms with Gasteiger partial charge in [0.2, 0.25) is 5.82 Å². The van der Waals surface area contributed by atoms with Crippen LogP contribution in [-0.2, 0) is 5.92 Å². The molecule has 2 heterocycles. The topological polar surface area (TPSA) is 72.0 Å². The quantitative estimate of drug-likeness (QED) is 0.922. The summed E-state index contributed by atoms with van der Waals surface area (Å²) in [6.07, 6.45) is 2.12. The number of aromatic nitrogens is 3. The van der Waals surface area contributed by atoms with Gasteiger partial charge in [-0.15, -0.1) is 0 Å². The van der Waals surface area contributed by atoms with Crippen molar-refractivity contribution in [2.24, 2.45) is 0 Å². The van der Waals surface area contributed by atoms with Gasteiger partial charge in [0.1, 0.15) is 11.3 Å². The first kappa shape index (κ1) is 12.2. The second-order valence-corrected chi connectivity index (χ2v) is 4.60. The average molecular weight is 267 g/mol. The Balaban J connectivity index is 1.93. The number of aliphatic hydroxyl groups is 1. The third kappa shape index (κ3) is 1.81. The summed E-state index contributed by atoms with van der Waals surface area (Å²) in [5, 5.41) is 13.3. The van der Waals surface area contributed by atoms with E-state index >= 15 is 0 Å². The minimum atomic E-state index is -3.54. The molecular weight excluding hydrogens is 256 g/mol. The van der Waals surface area contributed by atoms with Crippen molar-refractivity contribution < 1.29 is 18.4 Å². The third-order valence-corrected chi connectivity index (χ3v) is 3.35. The summed E-state index contributed by atoms with van der Waals surface area (Å²) in [7, 11) is 0. The van der Waals surface area contributed by atoms with Crippen LogP contribution in [-0.4, -0.2) is 25.8 Å². The van der Waals surface area contributed by atoms with E-state index in [1.165, 1.54) is 6.20 Å². The lowest BCUT2D eigenvalue weighted by molar-refractivity contribution is -0.235. The van der Waals surface area contributed by atoms with E-state index in [0.717, 1.165) is 0 Å². The Morgan fingerprint density at radius 3 is 2.68 bits per heavy atom. The van der Waals surface area contributed by atoms with Gasteiger partial charge in [-0.3, -0.25) is 4.98 Å².